The lowest BCUT2D eigenvalue weighted by Gasteiger charge is -2.24. The molecule has 0 spiro atoms. The number of hydrogen-bond donors (Lipinski definition) is 0. The van der Waals surface area contributed by atoms with E-state index < -0.39 is 0 Å². The molecular formula is C63H42N8. The van der Waals surface area contributed by atoms with Gasteiger partial charge in [-0.2, -0.15) is 9.97 Å². The quantitative estimate of drug-likeness (QED) is 0.158. The summed E-state index contributed by atoms with van der Waals surface area (Å²) in [6, 6.07) is 76.0. The first-order valence-corrected chi connectivity index (χ1v) is 24.0. The third kappa shape index (κ3) is 6.31. The van der Waals surface area contributed by atoms with Crippen molar-refractivity contribution in [3.05, 3.63) is 230 Å². The molecule has 8 heteroatoms. The average molecular weight is 911 g/mol. The van der Waals surface area contributed by atoms with Gasteiger partial charge in [0.2, 0.25) is 5.95 Å². The Balaban J connectivity index is 1.08. The summed E-state index contributed by atoms with van der Waals surface area (Å²) < 4.78 is 4.64. The molecule has 0 radical (unpaired) electrons. The fraction of sp³-hybridized carbons (Fsp3) is 0.0476. The number of hydrogen-bond acceptors (Lipinski definition) is 6. The van der Waals surface area contributed by atoms with Gasteiger partial charge in [-0.3, -0.25) is 4.57 Å². The third-order valence-electron chi connectivity index (χ3n) is 14.2. The highest BCUT2D eigenvalue weighted by molar-refractivity contribution is 6.24. The summed E-state index contributed by atoms with van der Waals surface area (Å²) in [4.78, 5) is 31.9. The molecule has 0 fully saturated rings. The molecule has 0 aliphatic heterocycles. The van der Waals surface area contributed by atoms with Crippen LogP contribution in [0.2, 0.25) is 0 Å². The van der Waals surface area contributed by atoms with Gasteiger partial charge in [0.1, 0.15) is 0 Å². The van der Waals surface area contributed by atoms with E-state index in [1.165, 1.54) is 22.3 Å². The standard InChI is InChI=1S/C63H42N8/c1-63(2)50-33-16-12-27-42(50)45-31-20-32-49(54(45)63)61-67-59(41-25-10-5-11-26-41)68-62(69-61)71-52-35-18-14-29-44(52)47-38-37-46-43-28-13-17-34-51(43)70(55(46)56(47)71)53-36-19-15-30-48(53)60-65-57(39-21-6-3-7-22-39)64-58(66-60)40-23-8-4-9-24-40/h3-38H,1-2H3. The minimum absolute atomic E-state index is 0.294. The molecule has 14 rings (SSSR count). The van der Waals surface area contributed by atoms with Crippen molar-refractivity contribution in [2.24, 2.45) is 0 Å². The maximum Gasteiger partial charge on any atom is 0.238 e. The zero-order chi connectivity index (χ0) is 47.2. The second-order valence-electron chi connectivity index (χ2n) is 18.7. The Labute approximate surface area is 409 Å². The Morgan fingerprint density at radius 3 is 1.35 bits per heavy atom. The second-order valence-corrected chi connectivity index (χ2v) is 18.7. The largest absolute Gasteiger partial charge is 0.306 e. The van der Waals surface area contributed by atoms with Gasteiger partial charge in [-0.1, -0.05) is 208 Å². The molecule has 8 nitrogen and oxygen atoms in total. The molecule has 0 atom stereocenters. The average Bonchev–Trinajstić information content (AvgIpc) is 4.04. The molecule has 1 aliphatic rings. The van der Waals surface area contributed by atoms with Crippen molar-refractivity contribution < 1.29 is 0 Å². The summed E-state index contributed by atoms with van der Waals surface area (Å²) >= 11 is 0. The molecule has 4 aromatic heterocycles. The number of rotatable bonds is 7. The van der Waals surface area contributed by atoms with Crippen molar-refractivity contribution in [3.63, 3.8) is 0 Å². The second kappa shape index (κ2) is 15.8. The van der Waals surface area contributed by atoms with Crippen LogP contribution in [0.15, 0.2) is 218 Å². The van der Waals surface area contributed by atoms with Crippen molar-refractivity contribution in [2.75, 3.05) is 0 Å². The van der Waals surface area contributed by atoms with Gasteiger partial charge < -0.3 is 4.57 Å². The zero-order valence-electron chi connectivity index (χ0n) is 38.9. The molecule has 0 saturated carbocycles. The molecule has 4 heterocycles. The van der Waals surface area contributed by atoms with E-state index in [0.717, 1.165) is 77.1 Å². The van der Waals surface area contributed by atoms with Crippen molar-refractivity contribution in [3.8, 4) is 79.7 Å². The fourth-order valence-electron chi connectivity index (χ4n) is 11.1. The van der Waals surface area contributed by atoms with E-state index >= 15 is 0 Å². The lowest BCUT2D eigenvalue weighted by Crippen LogP contribution is -2.17. The predicted molar refractivity (Wildman–Crippen MR) is 287 cm³/mol. The van der Waals surface area contributed by atoms with Crippen LogP contribution in [-0.2, 0) is 5.41 Å². The Kier molecular flexibility index (Phi) is 9.06. The van der Waals surface area contributed by atoms with E-state index in [2.05, 4.69) is 163 Å². The first-order chi connectivity index (χ1) is 35.0. The van der Waals surface area contributed by atoms with Crippen LogP contribution in [-0.4, -0.2) is 39.0 Å². The first-order valence-electron chi connectivity index (χ1n) is 24.0. The third-order valence-corrected chi connectivity index (χ3v) is 14.2. The summed E-state index contributed by atoms with van der Waals surface area (Å²) in [5, 5.41) is 4.38. The Hall–Kier alpha value is -9.40. The molecule has 0 bridgehead atoms. The molecule has 1 aliphatic carbocycles. The number of para-hydroxylation sites is 3. The van der Waals surface area contributed by atoms with Crippen LogP contribution in [0, 0.1) is 0 Å². The van der Waals surface area contributed by atoms with Crippen LogP contribution in [0.5, 0.6) is 0 Å². The van der Waals surface area contributed by atoms with Crippen LogP contribution in [0.1, 0.15) is 25.0 Å². The summed E-state index contributed by atoms with van der Waals surface area (Å²) in [5.74, 6) is 3.52. The van der Waals surface area contributed by atoms with Crippen molar-refractivity contribution in [2.45, 2.75) is 19.3 Å². The van der Waals surface area contributed by atoms with Crippen molar-refractivity contribution in [1.82, 2.24) is 39.0 Å². The van der Waals surface area contributed by atoms with Crippen LogP contribution < -0.4 is 0 Å². The summed E-state index contributed by atoms with van der Waals surface area (Å²) in [6.07, 6.45) is 0. The predicted octanol–water partition coefficient (Wildman–Crippen LogP) is 14.9. The minimum atomic E-state index is -0.294. The van der Waals surface area contributed by atoms with E-state index in [-0.39, 0.29) is 5.41 Å². The lowest BCUT2D eigenvalue weighted by molar-refractivity contribution is 0.661. The van der Waals surface area contributed by atoms with Gasteiger partial charge in [0.25, 0.3) is 0 Å². The molecule has 9 aromatic carbocycles. The number of aromatic nitrogens is 8. The SMILES string of the molecule is CC1(C)c2ccccc2-c2cccc(-c3nc(-c4ccccc4)nc(-n4c5ccccc5c5ccc6c7ccccc7n(-c7ccccc7-c7nc(-c8ccccc8)nc(-c8ccccc8)n7)c6c54)n3)c21. The highest BCUT2D eigenvalue weighted by atomic mass is 15.2. The molecule has 0 amide bonds. The summed E-state index contributed by atoms with van der Waals surface area (Å²) in [6.45, 7) is 4.62. The monoisotopic (exact) mass is 910 g/mol. The molecular weight excluding hydrogens is 869 g/mol. The lowest BCUT2D eigenvalue weighted by atomic mass is 9.80. The molecule has 0 saturated heterocycles. The van der Waals surface area contributed by atoms with Gasteiger partial charge in [-0.05, 0) is 46.5 Å². The highest BCUT2D eigenvalue weighted by Gasteiger charge is 2.38. The molecule has 13 aromatic rings. The maximum atomic E-state index is 5.59. The van der Waals surface area contributed by atoms with E-state index in [1.807, 2.05) is 78.9 Å². The summed E-state index contributed by atoms with van der Waals surface area (Å²) in [5.41, 5.74) is 14.2. The maximum absolute atomic E-state index is 5.59. The van der Waals surface area contributed by atoms with Crippen LogP contribution in [0.4, 0.5) is 0 Å². The van der Waals surface area contributed by atoms with Gasteiger partial charge in [0.05, 0.1) is 27.8 Å². The minimum Gasteiger partial charge on any atom is -0.306 e. The molecule has 0 N–H and O–H groups in total. The normalized spacial score (nSPS) is 12.8. The highest BCUT2D eigenvalue weighted by Crippen LogP contribution is 2.52. The van der Waals surface area contributed by atoms with E-state index in [4.69, 9.17) is 29.9 Å². The smallest absolute Gasteiger partial charge is 0.238 e. The van der Waals surface area contributed by atoms with E-state index in [1.54, 1.807) is 0 Å². The molecule has 0 unspecified atom stereocenters. The van der Waals surface area contributed by atoms with Gasteiger partial charge in [0.15, 0.2) is 29.1 Å². The molecule has 334 valence electrons. The number of fused-ring (bicyclic) bond motifs is 10. The molecule has 71 heavy (non-hydrogen) atoms. The topological polar surface area (TPSA) is 87.2 Å². The van der Waals surface area contributed by atoms with Crippen molar-refractivity contribution >= 4 is 43.6 Å². The first kappa shape index (κ1) is 40.6. The van der Waals surface area contributed by atoms with Crippen LogP contribution >= 0.6 is 0 Å². The zero-order valence-corrected chi connectivity index (χ0v) is 38.9. The van der Waals surface area contributed by atoms with Crippen LogP contribution in [0.25, 0.3) is 123 Å². The Morgan fingerprint density at radius 1 is 0.310 bits per heavy atom. The Morgan fingerprint density at radius 2 is 0.732 bits per heavy atom. The van der Waals surface area contributed by atoms with Gasteiger partial charge in [0, 0.05) is 54.8 Å². The number of nitrogens with zero attached hydrogens (tertiary/aromatic N) is 8. The van der Waals surface area contributed by atoms with Gasteiger partial charge >= 0.3 is 0 Å². The Bertz CT molecular complexity index is 4190. The van der Waals surface area contributed by atoms with Crippen molar-refractivity contribution in [1.29, 1.82) is 0 Å². The summed E-state index contributed by atoms with van der Waals surface area (Å²) in [7, 11) is 0. The van der Waals surface area contributed by atoms with E-state index in [9.17, 15) is 0 Å². The van der Waals surface area contributed by atoms with Gasteiger partial charge in [-0.25, -0.2) is 19.9 Å². The fourth-order valence-corrected chi connectivity index (χ4v) is 11.1. The van der Waals surface area contributed by atoms with Gasteiger partial charge in [-0.15, -0.1) is 0 Å². The van der Waals surface area contributed by atoms with E-state index in [0.29, 0.717) is 35.1 Å². The number of benzene rings is 9. The van der Waals surface area contributed by atoms with Crippen LogP contribution in [0.3, 0.4) is 0 Å².